The fraction of sp³-hybridized carbons (Fsp3) is 1.00. The van der Waals surface area contributed by atoms with Gasteiger partial charge in [0.1, 0.15) is 0 Å². The Kier molecular flexibility index (Phi) is 4.19. The molecule has 2 aliphatic rings. The molecule has 16 heavy (non-hydrogen) atoms. The summed E-state index contributed by atoms with van der Waals surface area (Å²) >= 11 is 0. The zero-order valence-corrected chi connectivity index (χ0v) is 10.2. The van der Waals surface area contributed by atoms with Crippen molar-refractivity contribution < 1.29 is 9.47 Å². The van der Waals surface area contributed by atoms with Crippen molar-refractivity contribution in [1.82, 2.24) is 5.32 Å². The van der Waals surface area contributed by atoms with E-state index in [1.165, 1.54) is 6.42 Å². The fourth-order valence-corrected chi connectivity index (χ4v) is 2.54. The first kappa shape index (κ1) is 12.3. The summed E-state index contributed by atoms with van der Waals surface area (Å²) in [6.07, 6.45) is 5.21. The topological polar surface area (TPSA) is 56.5 Å². The first-order valence-electron chi connectivity index (χ1n) is 6.40. The standard InChI is InChI=1S/C12H24N2O2/c1-12(5-2-6-15-9-12)14-8-11-4-3-10(7-13)16-11/h10-11,14H,2-9,13H2,1H3. The first-order valence-corrected chi connectivity index (χ1v) is 6.40. The monoisotopic (exact) mass is 228 g/mol. The van der Waals surface area contributed by atoms with Crippen molar-refractivity contribution in [1.29, 1.82) is 0 Å². The molecule has 94 valence electrons. The van der Waals surface area contributed by atoms with Crippen molar-refractivity contribution >= 4 is 0 Å². The Morgan fingerprint density at radius 3 is 2.81 bits per heavy atom. The Morgan fingerprint density at radius 1 is 1.38 bits per heavy atom. The third-order valence-electron chi connectivity index (χ3n) is 3.65. The lowest BCUT2D eigenvalue weighted by Crippen LogP contribution is -2.51. The fourth-order valence-electron chi connectivity index (χ4n) is 2.54. The summed E-state index contributed by atoms with van der Waals surface area (Å²) in [6, 6.07) is 0. The molecule has 0 bridgehead atoms. The molecule has 3 atom stereocenters. The molecule has 0 aromatic rings. The molecule has 0 aromatic heterocycles. The molecule has 2 saturated heterocycles. The zero-order valence-electron chi connectivity index (χ0n) is 10.2. The molecule has 3 unspecified atom stereocenters. The Morgan fingerprint density at radius 2 is 2.19 bits per heavy atom. The molecular weight excluding hydrogens is 204 g/mol. The molecule has 0 aliphatic carbocycles. The number of nitrogens with one attached hydrogen (secondary N) is 1. The van der Waals surface area contributed by atoms with Gasteiger partial charge < -0.3 is 20.5 Å². The number of rotatable bonds is 4. The van der Waals surface area contributed by atoms with Gasteiger partial charge in [-0.1, -0.05) is 0 Å². The van der Waals surface area contributed by atoms with Gasteiger partial charge in [0.05, 0.1) is 18.8 Å². The van der Waals surface area contributed by atoms with Gasteiger partial charge in [-0.05, 0) is 32.6 Å². The predicted octanol–water partition coefficient (Wildman–Crippen LogP) is 0.651. The molecule has 0 saturated carbocycles. The third kappa shape index (κ3) is 3.17. The van der Waals surface area contributed by atoms with Gasteiger partial charge in [-0.25, -0.2) is 0 Å². The maximum absolute atomic E-state index is 5.82. The van der Waals surface area contributed by atoms with Gasteiger partial charge >= 0.3 is 0 Å². The smallest absolute Gasteiger partial charge is 0.0705 e. The lowest BCUT2D eigenvalue weighted by molar-refractivity contribution is 0.0102. The van der Waals surface area contributed by atoms with Crippen molar-refractivity contribution in [3.8, 4) is 0 Å². The van der Waals surface area contributed by atoms with Crippen molar-refractivity contribution in [2.24, 2.45) is 5.73 Å². The Balaban J connectivity index is 1.70. The summed E-state index contributed by atoms with van der Waals surface area (Å²) in [5.41, 5.74) is 5.74. The van der Waals surface area contributed by atoms with Crippen LogP contribution >= 0.6 is 0 Å². The Labute approximate surface area is 97.9 Å². The summed E-state index contributed by atoms with van der Waals surface area (Å²) in [6.45, 7) is 5.54. The normalized spacial score (nSPS) is 40.1. The number of hydrogen-bond acceptors (Lipinski definition) is 4. The van der Waals surface area contributed by atoms with Crippen LogP contribution in [0.5, 0.6) is 0 Å². The summed E-state index contributed by atoms with van der Waals surface area (Å²) in [5, 5.41) is 3.59. The lowest BCUT2D eigenvalue weighted by Gasteiger charge is -2.35. The van der Waals surface area contributed by atoms with Gasteiger partial charge in [0.15, 0.2) is 0 Å². The highest BCUT2D eigenvalue weighted by Crippen LogP contribution is 2.21. The van der Waals surface area contributed by atoms with Crippen LogP contribution in [0.25, 0.3) is 0 Å². The van der Waals surface area contributed by atoms with E-state index in [0.717, 1.165) is 39.0 Å². The highest BCUT2D eigenvalue weighted by molar-refractivity contribution is 4.87. The van der Waals surface area contributed by atoms with E-state index in [9.17, 15) is 0 Å². The van der Waals surface area contributed by atoms with Gasteiger partial charge in [0.25, 0.3) is 0 Å². The van der Waals surface area contributed by atoms with Crippen LogP contribution in [0.15, 0.2) is 0 Å². The van der Waals surface area contributed by atoms with E-state index in [-0.39, 0.29) is 11.6 Å². The second kappa shape index (κ2) is 5.45. The average Bonchev–Trinajstić information content (AvgIpc) is 2.75. The molecule has 0 aromatic carbocycles. The van der Waals surface area contributed by atoms with E-state index in [0.29, 0.717) is 12.6 Å². The van der Waals surface area contributed by atoms with E-state index >= 15 is 0 Å². The molecule has 3 N–H and O–H groups in total. The molecule has 0 radical (unpaired) electrons. The quantitative estimate of drug-likeness (QED) is 0.742. The Hall–Kier alpha value is -0.160. The second-order valence-electron chi connectivity index (χ2n) is 5.29. The van der Waals surface area contributed by atoms with Crippen molar-refractivity contribution in [3.63, 3.8) is 0 Å². The average molecular weight is 228 g/mol. The summed E-state index contributed by atoms with van der Waals surface area (Å²) < 4.78 is 11.3. The molecule has 4 heteroatoms. The van der Waals surface area contributed by atoms with Crippen LogP contribution in [0, 0.1) is 0 Å². The van der Waals surface area contributed by atoms with Crippen molar-refractivity contribution in [2.45, 2.75) is 50.4 Å². The van der Waals surface area contributed by atoms with Gasteiger partial charge in [-0.3, -0.25) is 0 Å². The number of nitrogens with two attached hydrogens (primary N) is 1. The SMILES string of the molecule is CC1(NCC2CCC(CN)O2)CCCOC1. The van der Waals surface area contributed by atoms with Crippen LogP contribution < -0.4 is 11.1 Å². The highest BCUT2D eigenvalue weighted by Gasteiger charge is 2.30. The van der Waals surface area contributed by atoms with Crippen molar-refractivity contribution in [3.05, 3.63) is 0 Å². The van der Waals surface area contributed by atoms with Crippen LogP contribution in [-0.4, -0.2) is 44.1 Å². The lowest BCUT2D eigenvalue weighted by atomic mass is 9.94. The first-order chi connectivity index (χ1) is 7.72. The molecule has 2 heterocycles. The van der Waals surface area contributed by atoms with Crippen LogP contribution in [0.1, 0.15) is 32.6 Å². The van der Waals surface area contributed by atoms with E-state index < -0.39 is 0 Å². The third-order valence-corrected chi connectivity index (χ3v) is 3.65. The molecule has 4 nitrogen and oxygen atoms in total. The molecular formula is C12H24N2O2. The van der Waals surface area contributed by atoms with E-state index in [4.69, 9.17) is 15.2 Å². The Bertz CT molecular complexity index is 217. The molecule has 0 spiro atoms. The van der Waals surface area contributed by atoms with Crippen LogP contribution in [0.4, 0.5) is 0 Å². The van der Waals surface area contributed by atoms with Crippen LogP contribution in [-0.2, 0) is 9.47 Å². The van der Waals surface area contributed by atoms with Gasteiger partial charge in [-0.2, -0.15) is 0 Å². The van der Waals surface area contributed by atoms with Crippen LogP contribution in [0.2, 0.25) is 0 Å². The maximum atomic E-state index is 5.82. The highest BCUT2D eigenvalue weighted by atomic mass is 16.5. The minimum Gasteiger partial charge on any atom is -0.380 e. The van der Waals surface area contributed by atoms with Crippen molar-refractivity contribution in [2.75, 3.05) is 26.3 Å². The molecule has 0 amide bonds. The second-order valence-corrected chi connectivity index (χ2v) is 5.29. The largest absolute Gasteiger partial charge is 0.380 e. The van der Waals surface area contributed by atoms with Gasteiger partial charge in [0.2, 0.25) is 0 Å². The van der Waals surface area contributed by atoms with E-state index in [1.807, 2.05) is 0 Å². The van der Waals surface area contributed by atoms with E-state index in [1.54, 1.807) is 0 Å². The van der Waals surface area contributed by atoms with E-state index in [2.05, 4.69) is 12.2 Å². The van der Waals surface area contributed by atoms with Gasteiger partial charge in [-0.15, -0.1) is 0 Å². The maximum Gasteiger partial charge on any atom is 0.0705 e. The minimum absolute atomic E-state index is 0.141. The molecule has 2 rings (SSSR count). The molecule has 2 aliphatic heterocycles. The number of hydrogen-bond donors (Lipinski definition) is 2. The minimum atomic E-state index is 0.141. The predicted molar refractivity (Wildman–Crippen MR) is 63.4 cm³/mol. The number of ether oxygens (including phenoxy) is 2. The van der Waals surface area contributed by atoms with Gasteiger partial charge in [0, 0.05) is 25.2 Å². The summed E-state index contributed by atoms with van der Waals surface area (Å²) in [4.78, 5) is 0. The zero-order chi connectivity index (χ0) is 11.4. The molecule has 2 fully saturated rings. The van der Waals surface area contributed by atoms with Crippen LogP contribution in [0.3, 0.4) is 0 Å². The summed E-state index contributed by atoms with van der Waals surface area (Å²) in [7, 11) is 0. The summed E-state index contributed by atoms with van der Waals surface area (Å²) in [5.74, 6) is 0.